The van der Waals surface area contributed by atoms with E-state index >= 15 is 0 Å². The molecule has 0 radical (unpaired) electrons. The SMILES string of the molecule is NNC(=O)c1cc(Cn2c(=O)oc3ccccc32)on1. The summed E-state index contributed by atoms with van der Waals surface area (Å²) in [5, 5.41) is 3.56. The first-order valence-electron chi connectivity index (χ1n) is 5.74. The molecule has 0 saturated carbocycles. The van der Waals surface area contributed by atoms with Gasteiger partial charge in [-0.1, -0.05) is 17.3 Å². The van der Waals surface area contributed by atoms with Gasteiger partial charge in [0.2, 0.25) is 0 Å². The first kappa shape index (κ1) is 12.2. The molecule has 0 aliphatic carbocycles. The average molecular weight is 274 g/mol. The Morgan fingerprint density at radius 1 is 1.40 bits per heavy atom. The van der Waals surface area contributed by atoms with E-state index in [0.29, 0.717) is 16.9 Å². The highest BCUT2D eigenvalue weighted by Crippen LogP contribution is 2.14. The second-order valence-electron chi connectivity index (χ2n) is 4.07. The minimum Gasteiger partial charge on any atom is -0.408 e. The molecule has 1 aromatic carbocycles. The number of nitrogens with two attached hydrogens (primary N) is 1. The highest BCUT2D eigenvalue weighted by Gasteiger charge is 2.14. The number of amides is 1. The highest BCUT2D eigenvalue weighted by atomic mass is 16.5. The van der Waals surface area contributed by atoms with Crippen molar-refractivity contribution < 1.29 is 13.7 Å². The maximum Gasteiger partial charge on any atom is 0.420 e. The number of carbonyl (C=O) groups excluding carboxylic acids is 1. The molecule has 1 amide bonds. The molecule has 102 valence electrons. The van der Waals surface area contributed by atoms with Gasteiger partial charge in [-0.2, -0.15) is 0 Å². The van der Waals surface area contributed by atoms with Crippen molar-refractivity contribution in [2.45, 2.75) is 6.54 Å². The molecular formula is C12H10N4O4. The van der Waals surface area contributed by atoms with E-state index in [1.54, 1.807) is 24.3 Å². The Morgan fingerprint density at radius 3 is 3.00 bits per heavy atom. The van der Waals surface area contributed by atoms with Crippen molar-refractivity contribution in [1.82, 2.24) is 15.1 Å². The molecule has 0 saturated heterocycles. The van der Waals surface area contributed by atoms with E-state index in [1.165, 1.54) is 10.6 Å². The van der Waals surface area contributed by atoms with Crippen molar-refractivity contribution in [3.8, 4) is 0 Å². The summed E-state index contributed by atoms with van der Waals surface area (Å²) in [5.74, 6) is 4.27. The largest absolute Gasteiger partial charge is 0.420 e. The van der Waals surface area contributed by atoms with Crippen LogP contribution in [0.15, 0.2) is 44.1 Å². The number of fused-ring (bicyclic) bond motifs is 1. The summed E-state index contributed by atoms with van der Waals surface area (Å²) >= 11 is 0. The van der Waals surface area contributed by atoms with Crippen LogP contribution in [0, 0.1) is 0 Å². The Hall–Kier alpha value is -2.87. The Labute approximate surface area is 111 Å². The number of hydrogen-bond acceptors (Lipinski definition) is 6. The second-order valence-corrected chi connectivity index (χ2v) is 4.07. The summed E-state index contributed by atoms with van der Waals surface area (Å²) in [6, 6.07) is 8.43. The Morgan fingerprint density at radius 2 is 2.20 bits per heavy atom. The molecule has 0 aliphatic rings. The molecule has 3 rings (SSSR count). The van der Waals surface area contributed by atoms with Crippen molar-refractivity contribution in [3.63, 3.8) is 0 Å². The number of benzene rings is 1. The van der Waals surface area contributed by atoms with Gasteiger partial charge in [0.15, 0.2) is 17.0 Å². The predicted molar refractivity (Wildman–Crippen MR) is 67.7 cm³/mol. The van der Waals surface area contributed by atoms with Crippen molar-refractivity contribution in [2.24, 2.45) is 5.84 Å². The van der Waals surface area contributed by atoms with Gasteiger partial charge in [0.05, 0.1) is 12.1 Å². The molecular weight excluding hydrogens is 264 g/mol. The molecule has 8 nitrogen and oxygen atoms in total. The molecule has 2 heterocycles. The fourth-order valence-electron chi connectivity index (χ4n) is 1.89. The number of oxazole rings is 1. The van der Waals surface area contributed by atoms with Crippen molar-refractivity contribution in [2.75, 3.05) is 0 Å². The van der Waals surface area contributed by atoms with Gasteiger partial charge < -0.3 is 8.94 Å². The molecule has 0 fully saturated rings. The van der Waals surface area contributed by atoms with Crippen LogP contribution in [-0.4, -0.2) is 15.6 Å². The van der Waals surface area contributed by atoms with Crippen molar-refractivity contribution in [1.29, 1.82) is 0 Å². The highest BCUT2D eigenvalue weighted by molar-refractivity contribution is 5.91. The number of aromatic nitrogens is 2. The number of hydrazine groups is 1. The van der Waals surface area contributed by atoms with Gasteiger partial charge in [0.25, 0.3) is 5.91 Å². The predicted octanol–water partition coefficient (Wildman–Crippen LogP) is 0.234. The smallest absolute Gasteiger partial charge is 0.408 e. The summed E-state index contributed by atoms with van der Waals surface area (Å²) in [6.45, 7) is 0.112. The van der Waals surface area contributed by atoms with Crippen LogP contribution < -0.4 is 17.0 Å². The molecule has 2 aromatic heterocycles. The van der Waals surface area contributed by atoms with Crippen LogP contribution in [0.1, 0.15) is 16.2 Å². The maximum atomic E-state index is 11.8. The van der Waals surface area contributed by atoms with Gasteiger partial charge in [-0.3, -0.25) is 14.8 Å². The lowest BCUT2D eigenvalue weighted by Crippen LogP contribution is -2.30. The molecule has 0 atom stereocenters. The van der Waals surface area contributed by atoms with Crippen LogP contribution in [0.4, 0.5) is 0 Å². The molecule has 8 heteroatoms. The average Bonchev–Trinajstić information content (AvgIpc) is 3.04. The van der Waals surface area contributed by atoms with E-state index in [-0.39, 0.29) is 12.2 Å². The van der Waals surface area contributed by atoms with E-state index in [4.69, 9.17) is 14.8 Å². The van der Waals surface area contributed by atoms with Crippen molar-refractivity contribution >= 4 is 17.0 Å². The van der Waals surface area contributed by atoms with Gasteiger partial charge >= 0.3 is 5.76 Å². The number of nitrogens with zero attached hydrogens (tertiary/aromatic N) is 2. The fourth-order valence-corrected chi connectivity index (χ4v) is 1.89. The first-order valence-corrected chi connectivity index (χ1v) is 5.74. The summed E-state index contributed by atoms with van der Waals surface area (Å²) < 4.78 is 11.5. The summed E-state index contributed by atoms with van der Waals surface area (Å²) in [4.78, 5) is 23.0. The van der Waals surface area contributed by atoms with Gasteiger partial charge in [-0.25, -0.2) is 10.6 Å². The number of rotatable bonds is 3. The van der Waals surface area contributed by atoms with Gasteiger partial charge in [0, 0.05) is 6.07 Å². The van der Waals surface area contributed by atoms with Crippen LogP contribution in [0.5, 0.6) is 0 Å². The summed E-state index contributed by atoms with van der Waals surface area (Å²) in [7, 11) is 0. The van der Waals surface area contributed by atoms with Crippen LogP contribution in [0.2, 0.25) is 0 Å². The number of carbonyl (C=O) groups is 1. The van der Waals surface area contributed by atoms with E-state index < -0.39 is 11.7 Å². The first-order chi connectivity index (χ1) is 9.69. The minimum absolute atomic E-state index is 0.0448. The number of nitrogens with one attached hydrogen (secondary N) is 1. The topological polar surface area (TPSA) is 116 Å². The second kappa shape index (κ2) is 4.67. The van der Waals surface area contributed by atoms with E-state index in [1.807, 2.05) is 5.43 Å². The van der Waals surface area contributed by atoms with Crippen LogP contribution >= 0.6 is 0 Å². The Kier molecular flexibility index (Phi) is 2.84. The quantitative estimate of drug-likeness (QED) is 0.401. The minimum atomic E-state index is -0.565. The fraction of sp³-hybridized carbons (Fsp3) is 0.0833. The third-order valence-corrected chi connectivity index (χ3v) is 2.81. The zero-order valence-electron chi connectivity index (χ0n) is 10.2. The van der Waals surface area contributed by atoms with Gasteiger partial charge in [-0.15, -0.1) is 0 Å². The molecule has 0 aliphatic heterocycles. The van der Waals surface area contributed by atoms with Crippen LogP contribution in [0.25, 0.3) is 11.1 Å². The van der Waals surface area contributed by atoms with E-state index in [9.17, 15) is 9.59 Å². The molecule has 20 heavy (non-hydrogen) atoms. The van der Waals surface area contributed by atoms with E-state index in [0.717, 1.165) is 0 Å². The molecule has 3 aromatic rings. The van der Waals surface area contributed by atoms with Crippen LogP contribution in [-0.2, 0) is 6.54 Å². The third kappa shape index (κ3) is 1.97. The van der Waals surface area contributed by atoms with Gasteiger partial charge in [0.1, 0.15) is 0 Å². The molecule has 0 spiro atoms. The lowest BCUT2D eigenvalue weighted by molar-refractivity contribution is 0.0944. The normalized spacial score (nSPS) is 10.8. The molecule has 0 bridgehead atoms. The van der Waals surface area contributed by atoms with E-state index in [2.05, 4.69) is 5.16 Å². The van der Waals surface area contributed by atoms with Crippen molar-refractivity contribution in [3.05, 3.63) is 52.3 Å². The van der Waals surface area contributed by atoms with Crippen LogP contribution in [0.3, 0.4) is 0 Å². The lowest BCUT2D eigenvalue weighted by atomic mass is 10.3. The number of nitrogen functional groups attached to an aromatic ring is 1. The third-order valence-electron chi connectivity index (χ3n) is 2.81. The zero-order valence-corrected chi connectivity index (χ0v) is 10.2. The zero-order chi connectivity index (χ0) is 14.1. The lowest BCUT2D eigenvalue weighted by Gasteiger charge is -1.97. The number of para-hydroxylation sites is 2. The molecule has 3 N–H and O–H groups in total. The summed E-state index contributed by atoms with van der Waals surface area (Å²) in [6.07, 6.45) is 0. The summed E-state index contributed by atoms with van der Waals surface area (Å²) in [5.41, 5.74) is 3.11. The Balaban J connectivity index is 1.97. The maximum absolute atomic E-state index is 11.8. The Bertz CT molecular complexity index is 829. The monoisotopic (exact) mass is 274 g/mol. The van der Waals surface area contributed by atoms with Gasteiger partial charge in [-0.05, 0) is 12.1 Å². The number of hydrogen-bond donors (Lipinski definition) is 2. The molecule has 0 unspecified atom stereocenters. The standard InChI is InChI=1S/C12H10N4O4/c13-14-11(17)8-5-7(20-15-8)6-16-9-3-1-2-4-10(9)19-12(16)18/h1-5H,6,13H2,(H,14,17).